The molecule has 1 fully saturated rings. The summed E-state index contributed by atoms with van der Waals surface area (Å²) in [5.41, 5.74) is 6.17. The third-order valence-corrected chi connectivity index (χ3v) is 5.98. The highest BCUT2D eigenvalue weighted by Gasteiger charge is 2.28. The van der Waals surface area contributed by atoms with Crippen molar-refractivity contribution in [2.75, 3.05) is 6.54 Å². The lowest BCUT2D eigenvalue weighted by atomic mass is 9.85. The van der Waals surface area contributed by atoms with E-state index in [0.29, 0.717) is 22.2 Å². The van der Waals surface area contributed by atoms with Gasteiger partial charge in [0.15, 0.2) is 0 Å². The zero-order valence-corrected chi connectivity index (χ0v) is 14.0. The van der Waals surface area contributed by atoms with Crippen LogP contribution in [-0.2, 0) is 15.8 Å². The first-order valence-electron chi connectivity index (χ1n) is 7.06. The molecule has 1 aliphatic carbocycles. The maximum absolute atomic E-state index is 12.4. The molecule has 1 saturated carbocycles. The number of rotatable bonds is 5. The topological polar surface area (TPSA) is 72.2 Å². The Kier molecular flexibility index (Phi) is 5.91. The highest BCUT2D eigenvalue weighted by atomic mass is 35.5. The molecular formula is C14H20Cl2N2O2S. The third kappa shape index (κ3) is 4.57. The molecule has 0 radical (unpaired) electrons. The second-order valence-corrected chi connectivity index (χ2v) is 8.03. The van der Waals surface area contributed by atoms with E-state index in [2.05, 4.69) is 4.72 Å². The standard InChI is InChI=1S/C14H20Cl2N2O2S/c15-12-5-3-6-13(16)11(12)9-21(19,20)18-14-7-2-1-4-10(14)8-17/h3,5-6,10,14,18H,1-2,4,7-9,17H2. The molecule has 0 heterocycles. The second kappa shape index (κ2) is 7.29. The highest BCUT2D eigenvalue weighted by Crippen LogP contribution is 2.28. The summed E-state index contributed by atoms with van der Waals surface area (Å²) in [7, 11) is -3.50. The molecule has 3 N–H and O–H groups in total. The first-order valence-corrected chi connectivity index (χ1v) is 9.46. The van der Waals surface area contributed by atoms with Crippen LogP contribution in [0.1, 0.15) is 31.2 Å². The van der Waals surface area contributed by atoms with Gasteiger partial charge in [0.2, 0.25) is 10.0 Å². The fourth-order valence-electron chi connectivity index (χ4n) is 2.78. The van der Waals surface area contributed by atoms with E-state index >= 15 is 0 Å². The monoisotopic (exact) mass is 350 g/mol. The maximum Gasteiger partial charge on any atom is 0.216 e. The zero-order valence-electron chi connectivity index (χ0n) is 11.7. The van der Waals surface area contributed by atoms with Gasteiger partial charge in [0.05, 0.1) is 5.75 Å². The molecule has 7 heteroatoms. The van der Waals surface area contributed by atoms with Gasteiger partial charge in [0, 0.05) is 21.7 Å². The van der Waals surface area contributed by atoms with Gasteiger partial charge in [-0.2, -0.15) is 0 Å². The number of hydrogen-bond acceptors (Lipinski definition) is 3. The van der Waals surface area contributed by atoms with E-state index in [1.165, 1.54) is 0 Å². The summed E-state index contributed by atoms with van der Waals surface area (Å²) in [5.74, 6) is -0.00510. The van der Waals surface area contributed by atoms with E-state index in [-0.39, 0.29) is 17.7 Å². The van der Waals surface area contributed by atoms with Gasteiger partial charge >= 0.3 is 0 Å². The minimum atomic E-state index is -3.50. The van der Waals surface area contributed by atoms with Gasteiger partial charge in [-0.25, -0.2) is 13.1 Å². The van der Waals surface area contributed by atoms with E-state index in [0.717, 1.165) is 25.7 Å². The van der Waals surface area contributed by atoms with Gasteiger partial charge < -0.3 is 5.73 Å². The van der Waals surface area contributed by atoms with Crippen LogP contribution in [0.25, 0.3) is 0 Å². The lowest BCUT2D eigenvalue weighted by molar-refractivity contribution is 0.296. The summed E-state index contributed by atoms with van der Waals surface area (Å²) in [6.07, 6.45) is 3.93. The van der Waals surface area contributed by atoms with Crippen molar-refractivity contribution in [3.05, 3.63) is 33.8 Å². The SMILES string of the molecule is NCC1CCCCC1NS(=O)(=O)Cc1c(Cl)cccc1Cl. The van der Waals surface area contributed by atoms with Crippen molar-refractivity contribution < 1.29 is 8.42 Å². The zero-order chi connectivity index (χ0) is 15.5. The van der Waals surface area contributed by atoms with Gasteiger partial charge in [-0.3, -0.25) is 0 Å². The molecular weight excluding hydrogens is 331 g/mol. The van der Waals surface area contributed by atoms with Crippen molar-refractivity contribution in [3.63, 3.8) is 0 Å². The fourth-order valence-corrected chi connectivity index (χ4v) is 5.01. The molecule has 0 saturated heterocycles. The van der Waals surface area contributed by atoms with E-state index in [4.69, 9.17) is 28.9 Å². The van der Waals surface area contributed by atoms with Crippen LogP contribution in [0.4, 0.5) is 0 Å². The van der Waals surface area contributed by atoms with Crippen molar-refractivity contribution in [3.8, 4) is 0 Å². The molecule has 118 valence electrons. The largest absolute Gasteiger partial charge is 0.330 e. The Hall–Kier alpha value is -0.330. The first-order chi connectivity index (χ1) is 9.93. The molecule has 0 amide bonds. The van der Waals surface area contributed by atoms with E-state index < -0.39 is 10.0 Å². The quantitative estimate of drug-likeness (QED) is 0.857. The Morgan fingerprint density at radius 3 is 2.43 bits per heavy atom. The molecule has 0 aromatic heterocycles. The minimum absolute atomic E-state index is 0.0880. The summed E-state index contributed by atoms with van der Waals surface area (Å²) in [6.45, 7) is 0.500. The second-order valence-electron chi connectivity index (χ2n) is 5.46. The van der Waals surface area contributed by atoms with Crippen LogP contribution in [0.15, 0.2) is 18.2 Å². The number of nitrogens with one attached hydrogen (secondary N) is 1. The van der Waals surface area contributed by atoms with Crippen LogP contribution in [0.5, 0.6) is 0 Å². The average molecular weight is 351 g/mol. The summed E-state index contributed by atoms with van der Waals surface area (Å²) in [6, 6.07) is 4.89. The highest BCUT2D eigenvalue weighted by molar-refractivity contribution is 7.88. The number of hydrogen-bond donors (Lipinski definition) is 2. The Morgan fingerprint density at radius 2 is 1.81 bits per heavy atom. The van der Waals surface area contributed by atoms with Crippen molar-refractivity contribution in [1.29, 1.82) is 0 Å². The molecule has 2 rings (SSSR count). The van der Waals surface area contributed by atoms with Gasteiger partial charge in [0.1, 0.15) is 0 Å². The van der Waals surface area contributed by atoms with Crippen LogP contribution in [0, 0.1) is 5.92 Å². The number of halogens is 2. The number of sulfonamides is 1. The molecule has 2 unspecified atom stereocenters. The smallest absolute Gasteiger partial charge is 0.216 e. The predicted molar refractivity (Wildman–Crippen MR) is 87.0 cm³/mol. The normalized spacial score (nSPS) is 23.2. The number of nitrogens with two attached hydrogens (primary N) is 1. The Morgan fingerprint density at radius 1 is 1.19 bits per heavy atom. The van der Waals surface area contributed by atoms with Crippen LogP contribution in [0.3, 0.4) is 0 Å². The molecule has 21 heavy (non-hydrogen) atoms. The molecule has 0 aliphatic heterocycles. The van der Waals surface area contributed by atoms with Gasteiger partial charge in [-0.15, -0.1) is 0 Å². The summed E-state index contributed by atoms with van der Waals surface area (Å²) in [5, 5.41) is 0.735. The van der Waals surface area contributed by atoms with Gasteiger partial charge in [-0.1, -0.05) is 42.1 Å². The van der Waals surface area contributed by atoms with Crippen LogP contribution in [0.2, 0.25) is 10.0 Å². The van der Waals surface area contributed by atoms with Crippen molar-refractivity contribution >= 4 is 33.2 Å². The Balaban J connectivity index is 2.11. The van der Waals surface area contributed by atoms with Crippen molar-refractivity contribution in [2.45, 2.75) is 37.5 Å². The third-order valence-electron chi connectivity index (χ3n) is 3.94. The lowest BCUT2D eigenvalue weighted by Gasteiger charge is -2.31. The van der Waals surface area contributed by atoms with Gasteiger partial charge in [-0.05, 0) is 37.4 Å². The van der Waals surface area contributed by atoms with E-state index in [9.17, 15) is 8.42 Å². The summed E-state index contributed by atoms with van der Waals surface area (Å²) < 4.78 is 27.5. The van der Waals surface area contributed by atoms with Crippen LogP contribution in [-0.4, -0.2) is 21.0 Å². The Bertz CT molecular complexity index is 572. The first kappa shape index (κ1) is 17.0. The molecule has 1 aliphatic rings. The number of benzene rings is 1. The van der Waals surface area contributed by atoms with Crippen molar-refractivity contribution in [1.82, 2.24) is 4.72 Å². The maximum atomic E-state index is 12.4. The van der Waals surface area contributed by atoms with Gasteiger partial charge in [0.25, 0.3) is 0 Å². The summed E-state index contributed by atoms with van der Waals surface area (Å²) >= 11 is 12.1. The molecule has 0 spiro atoms. The molecule has 0 bridgehead atoms. The molecule has 4 nitrogen and oxygen atoms in total. The van der Waals surface area contributed by atoms with Crippen LogP contribution >= 0.6 is 23.2 Å². The molecule has 1 aromatic carbocycles. The van der Waals surface area contributed by atoms with E-state index in [1.807, 2.05) is 0 Å². The Labute approximate surface area is 136 Å². The average Bonchev–Trinajstić information content (AvgIpc) is 2.43. The summed E-state index contributed by atoms with van der Waals surface area (Å²) in [4.78, 5) is 0. The molecule has 2 atom stereocenters. The van der Waals surface area contributed by atoms with Crippen molar-refractivity contribution in [2.24, 2.45) is 11.7 Å². The predicted octanol–water partition coefficient (Wildman–Crippen LogP) is 2.93. The fraction of sp³-hybridized carbons (Fsp3) is 0.571. The minimum Gasteiger partial charge on any atom is -0.330 e. The molecule has 1 aromatic rings. The van der Waals surface area contributed by atoms with Crippen LogP contribution < -0.4 is 10.5 Å². The lowest BCUT2D eigenvalue weighted by Crippen LogP contribution is -2.45. The van der Waals surface area contributed by atoms with E-state index in [1.54, 1.807) is 18.2 Å².